The van der Waals surface area contributed by atoms with Crippen LogP contribution < -0.4 is 0 Å². The molecule has 5 nitrogen and oxygen atoms in total. The Labute approximate surface area is 102 Å². The van der Waals surface area contributed by atoms with Gasteiger partial charge in [0, 0.05) is 17.0 Å². The third-order valence-corrected chi connectivity index (χ3v) is 2.86. The Kier molecular flexibility index (Phi) is 2.19. The Balaban J connectivity index is 2.13. The molecule has 3 rings (SSSR count). The van der Waals surface area contributed by atoms with E-state index in [1.807, 2.05) is 31.2 Å². The summed E-state index contributed by atoms with van der Waals surface area (Å²) in [7, 11) is 0. The lowest BCUT2D eigenvalue weighted by Crippen LogP contribution is -1.94. The van der Waals surface area contributed by atoms with Crippen LogP contribution in [0.1, 0.15) is 16.1 Å². The molecule has 2 N–H and O–H groups in total. The molecule has 0 radical (unpaired) electrons. The van der Waals surface area contributed by atoms with Gasteiger partial charge in [0.2, 0.25) is 0 Å². The van der Waals surface area contributed by atoms with Gasteiger partial charge in [-0.1, -0.05) is 23.4 Å². The fourth-order valence-corrected chi connectivity index (χ4v) is 1.94. The number of fused-ring (bicyclic) bond motifs is 1. The zero-order chi connectivity index (χ0) is 12.7. The van der Waals surface area contributed by atoms with Crippen LogP contribution in [0.4, 0.5) is 0 Å². The number of carboxylic acid groups (broad SMARTS) is 1. The highest BCUT2D eigenvalue weighted by molar-refractivity contribution is 5.89. The standard InChI is InChI=1S/C13H10N2O3/c1-7-3-2-4-8-5-9(14-12(7)8)11-6-10(13(16)17)15-18-11/h2-6,14H,1H3,(H,16,17). The van der Waals surface area contributed by atoms with Crippen LogP contribution in [0.25, 0.3) is 22.4 Å². The molecule has 3 aromatic rings. The van der Waals surface area contributed by atoms with Gasteiger partial charge in [-0.3, -0.25) is 0 Å². The van der Waals surface area contributed by atoms with Gasteiger partial charge in [-0.05, 0) is 18.6 Å². The quantitative estimate of drug-likeness (QED) is 0.724. The second-order valence-electron chi connectivity index (χ2n) is 4.10. The van der Waals surface area contributed by atoms with E-state index in [4.69, 9.17) is 9.63 Å². The molecule has 0 aliphatic rings. The van der Waals surface area contributed by atoms with Gasteiger partial charge in [0.05, 0.1) is 5.69 Å². The van der Waals surface area contributed by atoms with Crippen molar-refractivity contribution in [3.63, 3.8) is 0 Å². The summed E-state index contributed by atoms with van der Waals surface area (Å²) in [5, 5.41) is 13.3. The highest BCUT2D eigenvalue weighted by Gasteiger charge is 2.14. The molecular weight excluding hydrogens is 232 g/mol. The fraction of sp³-hybridized carbons (Fsp3) is 0.0769. The lowest BCUT2D eigenvalue weighted by atomic mass is 10.2. The van der Waals surface area contributed by atoms with Crippen molar-refractivity contribution in [1.82, 2.24) is 10.1 Å². The molecule has 5 heteroatoms. The molecule has 0 aliphatic carbocycles. The SMILES string of the molecule is Cc1cccc2cc(-c3cc(C(=O)O)no3)[nH]c12. The first-order valence-electron chi connectivity index (χ1n) is 5.44. The number of nitrogens with zero attached hydrogens (tertiary/aromatic N) is 1. The first-order valence-corrected chi connectivity index (χ1v) is 5.44. The minimum Gasteiger partial charge on any atom is -0.476 e. The molecule has 2 heterocycles. The predicted molar refractivity (Wildman–Crippen MR) is 65.5 cm³/mol. The predicted octanol–water partition coefficient (Wildman–Crippen LogP) is 2.83. The van der Waals surface area contributed by atoms with E-state index in [1.165, 1.54) is 6.07 Å². The number of H-pyrrole nitrogens is 1. The van der Waals surface area contributed by atoms with E-state index in [2.05, 4.69) is 10.1 Å². The number of hydrogen-bond donors (Lipinski definition) is 2. The zero-order valence-electron chi connectivity index (χ0n) is 9.60. The summed E-state index contributed by atoms with van der Waals surface area (Å²) >= 11 is 0. The minimum atomic E-state index is -1.10. The summed E-state index contributed by atoms with van der Waals surface area (Å²) in [6.45, 7) is 2.01. The maximum Gasteiger partial charge on any atom is 0.358 e. The van der Waals surface area contributed by atoms with Crippen molar-refractivity contribution in [2.75, 3.05) is 0 Å². The molecule has 0 bridgehead atoms. The van der Waals surface area contributed by atoms with Crippen LogP contribution in [0.3, 0.4) is 0 Å². The van der Waals surface area contributed by atoms with Crippen molar-refractivity contribution in [3.8, 4) is 11.5 Å². The number of aromatic carboxylic acids is 1. The first-order chi connectivity index (χ1) is 8.65. The molecule has 0 saturated heterocycles. The van der Waals surface area contributed by atoms with Crippen LogP contribution in [0, 0.1) is 6.92 Å². The van der Waals surface area contributed by atoms with Crippen molar-refractivity contribution in [2.24, 2.45) is 0 Å². The number of aromatic amines is 1. The number of carboxylic acids is 1. The largest absolute Gasteiger partial charge is 0.476 e. The number of aromatic nitrogens is 2. The lowest BCUT2D eigenvalue weighted by molar-refractivity contribution is 0.0686. The van der Waals surface area contributed by atoms with E-state index >= 15 is 0 Å². The molecule has 0 saturated carbocycles. The van der Waals surface area contributed by atoms with Gasteiger partial charge in [-0.2, -0.15) is 0 Å². The van der Waals surface area contributed by atoms with Crippen LogP contribution >= 0.6 is 0 Å². The van der Waals surface area contributed by atoms with E-state index in [-0.39, 0.29) is 5.69 Å². The Morgan fingerprint density at radius 2 is 2.22 bits per heavy atom. The highest BCUT2D eigenvalue weighted by Crippen LogP contribution is 2.26. The van der Waals surface area contributed by atoms with Gasteiger partial charge in [0.15, 0.2) is 11.5 Å². The topological polar surface area (TPSA) is 79.1 Å². The number of nitrogens with one attached hydrogen (secondary N) is 1. The third kappa shape index (κ3) is 1.57. The van der Waals surface area contributed by atoms with E-state index in [1.54, 1.807) is 0 Å². The molecule has 0 fully saturated rings. The summed E-state index contributed by atoms with van der Waals surface area (Å²) < 4.78 is 5.02. The monoisotopic (exact) mass is 242 g/mol. The van der Waals surface area contributed by atoms with Crippen LogP contribution in [0.15, 0.2) is 34.9 Å². The van der Waals surface area contributed by atoms with Gasteiger partial charge in [0.25, 0.3) is 0 Å². The number of hydrogen-bond acceptors (Lipinski definition) is 3. The van der Waals surface area contributed by atoms with Crippen molar-refractivity contribution in [2.45, 2.75) is 6.92 Å². The summed E-state index contributed by atoms with van der Waals surface area (Å²) in [5.74, 6) is -0.680. The number of aryl methyl sites for hydroxylation is 1. The van der Waals surface area contributed by atoms with Crippen LogP contribution in [-0.2, 0) is 0 Å². The van der Waals surface area contributed by atoms with Crippen LogP contribution in [-0.4, -0.2) is 21.2 Å². The van der Waals surface area contributed by atoms with E-state index in [0.717, 1.165) is 22.2 Å². The van der Waals surface area contributed by atoms with E-state index in [9.17, 15) is 4.79 Å². The average molecular weight is 242 g/mol. The summed E-state index contributed by atoms with van der Waals surface area (Å²) in [6.07, 6.45) is 0. The second-order valence-corrected chi connectivity index (χ2v) is 4.10. The Morgan fingerprint density at radius 3 is 2.89 bits per heavy atom. The normalized spacial score (nSPS) is 10.9. The highest BCUT2D eigenvalue weighted by atomic mass is 16.5. The average Bonchev–Trinajstić information content (AvgIpc) is 2.95. The van der Waals surface area contributed by atoms with Gasteiger partial charge < -0.3 is 14.6 Å². The maximum atomic E-state index is 10.7. The number of para-hydroxylation sites is 1. The molecule has 0 spiro atoms. The van der Waals surface area contributed by atoms with Crippen LogP contribution in [0.5, 0.6) is 0 Å². The molecule has 0 unspecified atom stereocenters. The van der Waals surface area contributed by atoms with Gasteiger partial charge in [-0.15, -0.1) is 0 Å². The Hall–Kier alpha value is -2.56. The summed E-state index contributed by atoms with van der Waals surface area (Å²) in [6, 6.07) is 9.28. The van der Waals surface area contributed by atoms with E-state index < -0.39 is 5.97 Å². The fourth-order valence-electron chi connectivity index (χ4n) is 1.94. The van der Waals surface area contributed by atoms with Gasteiger partial charge >= 0.3 is 5.97 Å². The minimum absolute atomic E-state index is 0.0969. The molecule has 18 heavy (non-hydrogen) atoms. The first kappa shape index (κ1) is 10.6. The third-order valence-electron chi connectivity index (χ3n) is 2.86. The Morgan fingerprint density at radius 1 is 1.39 bits per heavy atom. The van der Waals surface area contributed by atoms with Crippen molar-refractivity contribution in [3.05, 3.63) is 41.6 Å². The number of carbonyl (C=O) groups is 1. The van der Waals surface area contributed by atoms with Crippen LogP contribution in [0.2, 0.25) is 0 Å². The summed E-state index contributed by atoms with van der Waals surface area (Å²) in [5.41, 5.74) is 2.76. The number of rotatable bonds is 2. The Bertz CT molecular complexity index is 740. The smallest absolute Gasteiger partial charge is 0.358 e. The molecule has 0 atom stereocenters. The molecule has 90 valence electrons. The molecule has 2 aromatic heterocycles. The van der Waals surface area contributed by atoms with Crippen molar-refractivity contribution >= 4 is 16.9 Å². The summed E-state index contributed by atoms with van der Waals surface area (Å²) in [4.78, 5) is 13.9. The number of benzene rings is 1. The second kappa shape index (κ2) is 3.73. The van der Waals surface area contributed by atoms with Gasteiger partial charge in [-0.25, -0.2) is 4.79 Å². The van der Waals surface area contributed by atoms with Crippen molar-refractivity contribution < 1.29 is 14.4 Å². The molecular formula is C13H10N2O3. The lowest BCUT2D eigenvalue weighted by Gasteiger charge is -1.93. The zero-order valence-corrected chi connectivity index (χ0v) is 9.60. The maximum absolute atomic E-state index is 10.7. The van der Waals surface area contributed by atoms with Gasteiger partial charge in [0.1, 0.15) is 0 Å². The molecule has 0 amide bonds. The molecule has 0 aliphatic heterocycles. The van der Waals surface area contributed by atoms with Crippen molar-refractivity contribution in [1.29, 1.82) is 0 Å². The molecule has 1 aromatic carbocycles. The van der Waals surface area contributed by atoms with E-state index in [0.29, 0.717) is 5.76 Å².